The Balaban J connectivity index is 2.17. The van der Waals surface area contributed by atoms with Crippen LogP contribution in [-0.4, -0.2) is 27.5 Å². The number of phenolic OH excluding ortho intramolecular Hbond substituents is 1. The van der Waals surface area contributed by atoms with Gasteiger partial charge >= 0.3 is 5.97 Å². The molecule has 0 spiro atoms. The number of hydrogen-bond donors (Lipinski definition) is 2. The Morgan fingerprint density at radius 1 is 1.27 bits per heavy atom. The van der Waals surface area contributed by atoms with E-state index in [1.807, 2.05) is 12.1 Å². The SMILES string of the molecule is CCOC(=O)c1cnn(-c2cccc3c(O)cccc23)c1N. The molecule has 0 saturated heterocycles. The second-order valence-corrected chi connectivity index (χ2v) is 4.73. The monoisotopic (exact) mass is 297 g/mol. The second kappa shape index (κ2) is 5.40. The largest absolute Gasteiger partial charge is 0.507 e. The topological polar surface area (TPSA) is 90.4 Å². The van der Waals surface area contributed by atoms with Crippen LogP contribution in [0.15, 0.2) is 42.6 Å². The Morgan fingerprint density at radius 3 is 2.77 bits per heavy atom. The summed E-state index contributed by atoms with van der Waals surface area (Å²) in [4.78, 5) is 11.8. The number of rotatable bonds is 3. The number of anilines is 1. The van der Waals surface area contributed by atoms with Crippen molar-refractivity contribution < 1.29 is 14.6 Å². The van der Waals surface area contributed by atoms with Crippen LogP contribution in [0.4, 0.5) is 5.82 Å². The van der Waals surface area contributed by atoms with Crippen LogP contribution in [0.1, 0.15) is 17.3 Å². The second-order valence-electron chi connectivity index (χ2n) is 4.73. The summed E-state index contributed by atoms with van der Waals surface area (Å²) in [6.45, 7) is 2.00. The summed E-state index contributed by atoms with van der Waals surface area (Å²) in [6, 6.07) is 10.6. The van der Waals surface area contributed by atoms with Crippen LogP contribution >= 0.6 is 0 Å². The molecule has 0 radical (unpaired) electrons. The Kier molecular flexibility index (Phi) is 3.42. The van der Waals surface area contributed by atoms with Crippen molar-refractivity contribution in [1.29, 1.82) is 0 Å². The standard InChI is InChI=1S/C16H15N3O3/c1-2-22-16(21)12-9-18-19(15(12)17)13-7-3-6-11-10(13)5-4-8-14(11)20/h3-9,20H,2,17H2,1H3. The minimum atomic E-state index is -0.505. The maximum atomic E-state index is 11.8. The van der Waals surface area contributed by atoms with Crippen LogP contribution in [-0.2, 0) is 4.74 Å². The number of fused-ring (bicyclic) bond motifs is 1. The molecule has 0 unspecified atom stereocenters. The molecule has 3 aromatic rings. The minimum Gasteiger partial charge on any atom is -0.507 e. The quantitative estimate of drug-likeness (QED) is 0.725. The predicted molar refractivity (Wildman–Crippen MR) is 83.1 cm³/mol. The molecule has 6 heteroatoms. The lowest BCUT2D eigenvalue weighted by molar-refractivity contribution is 0.0527. The molecule has 1 heterocycles. The van der Waals surface area contributed by atoms with Crippen molar-refractivity contribution in [3.05, 3.63) is 48.2 Å². The number of phenols is 1. The molecule has 0 saturated carbocycles. The van der Waals surface area contributed by atoms with Gasteiger partial charge in [-0.25, -0.2) is 9.48 Å². The molecule has 22 heavy (non-hydrogen) atoms. The van der Waals surface area contributed by atoms with Crippen LogP contribution in [0.25, 0.3) is 16.5 Å². The molecule has 0 fully saturated rings. The van der Waals surface area contributed by atoms with Crippen LogP contribution in [0.5, 0.6) is 5.75 Å². The van der Waals surface area contributed by atoms with E-state index < -0.39 is 5.97 Å². The van der Waals surface area contributed by atoms with Crippen molar-refractivity contribution >= 4 is 22.6 Å². The van der Waals surface area contributed by atoms with E-state index in [1.54, 1.807) is 31.2 Å². The average Bonchev–Trinajstić information content (AvgIpc) is 2.89. The molecule has 0 bridgehead atoms. The van der Waals surface area contributed by atoms with Crippen molar-refractivity contribution in [3.8, 4) is 11.4 Å². The van der Waals surface area contributed by atoms with Gasteiger partial charge in [-0.3, -0.25) is 0 Å². The summed E-state index contributed by atoms with van der Waals surface area (Å²) in [7, 11) is 0. The van der Waals surface area contributed by atoms with Crippen LogP contribution < -0.4 is 5.73 Å². The number of nitrogens with zero attached hydrogens (tertiary/aromatic N) is 2. The zero-order valence-corrected chi connectivity index (χ0v) is 12.0. The van der Waals surface area contributed by atoms with Crippen molar-refractivity contribution in [3.63, 3.8) is 0 Å². The first kappa shape index (κ1) is 13.9. The van der Waals surface area contributed by atoms with E-state index in [-0.39, 0.29) is 23.7 Å². The summed E-state index contributed by atoms with van der Waals surface area (Å²) < 4.78 is 6.42. The fraction of sp³-hybridized carbons (Fsp3) is 0.125. The average molecular weight is 297 g/mol. The third-order valence-corrected chi connectivity index (χ3v) is 3.41. The van der Waals surface area contributed by atoms with Crippen molar-refractivity contribution in [2.24, 2.45) is 0 Å². The molecule has 3 rings (SSSR count). The van der Waals surface area contributed by atoms with E-state index >= 15 is 0 Å². The highest BCUT2D eigenvalue weighted by Gasteiger charge is 2.18. The van der Waals surface area contributed by atoms with E-state index in [0.29, 0.717) is 11.1 Å². The normalized spacial score (nSPS) is 10.8. The molecular weight excluding hydrogens is 282 g/mol. The highest BCUT2D eigenvalue weighted by atomic mass is 16.5. The third-order valence-electron chi connectivity index (χ3n) is 3.41. The Bertz CT molecular complexity index is 855. The number of nitrogens with two attached hydrogens (primary N) is 1. The fourth-order valence-electron chi connectivity index (χ4n) is 2.38. The predicted octanol–water partition coefficient (Wildman–Crippen LogP) is 2.49. The maximum absolute atomic E-state index is 11.8. The van der Waals surface area contributed by atoms with E-state index in [9.17, 15) is 9.90 Å². The number of carbonyl (C=O) groups excluding carboxylic acids is 1. The first-order valence-corrected chi connectivity index (χ1v) is 6.85. The lowest BCUT2D eigenvalue weighted by Crippen LogP contribution is -2.09. The number of nitrogen functional groups attached to an aromatic ring is 1. The van der Waals surface area contributed by atoms with Gasteiger partial charge in [-0.2, -0.15) is 5.10 Å². The van der Waals surface area contributed by atoms with Crippen LogP contribution in [0.3, 0.4) is 0 Å². The third kappa shape index (κ3) is 2.14. The molecule has 0 aliphatic carbocycles. The number of ether oxygens (including phenoxy) is 1. The fourth-order valence-corrected chi connectivity index (χ4v) is 2.38. The molecule has 3 N–H and O–H groups in total. The molecule has 0 aliphatic heterocycles. The summed E-state index contributed by atoms with van der Waals surface area (Å²) in [5.41, 5.74) is 6.94. The van der Waals surface area contributed by atoms with Crippen molar-refractivity contribution in [2.45, 2.75) is 6.92 Å². The van der Waals surface area contributed by atoms with Crippen LogP contribution in [0, 0.1) is 0 Å². The summed E-state index contributed by atoms with van der Waals surface area (Å²) in [5, 5.41) is 15.6. The van der Waals surface area contributed by atoms with Gasteiger partial charge in [-0.15, -0.1) is 0 Å². The van der Waals surface area contributed by atoms with Crippen molar-refractivity contribution in [2.75, 3.05) is 12.3 Å². The lowest BCUT2D eigenvalue weighted by Gasteiger charge is -2.09. The number of aromatic hydroxyl groups is 1. The Morgan fingerprint density at radius 2 is 2.00 bits per heavy atom. The first-order chi connectivity index (χ1) is 10.6. The van der Waals surface area contributed by atoms with E-state index in [1.165, 1.54) is 10.9 Å². The van der Waals surface area contributed by atoms with Crippen LogP contribution in [0.2, 0.25) is 0 Å². The van der Waals surface area contributed by atoms with Crippen molar-refractivity contribution in [1.82, 2.24) is 9.78 Å². The van der Waals surface area contributed by atoms with Gasteiger partial charge in [0.25, 0.3) is 0 Å². The minimum absolute atomic E-state index is 0.177. The van der Waals surface area contributed by atoms with Gasteiger partial charge in [0.15, 0.2) is 0 Å². The molecule has 2 aromatic carbocycles. The zero-order valence-electron chi connectivity index (χ0n) is 12.0. The highest BCUT2D eigenvalue weighted by Crippen LogP contribution is 2.30. The molecule has 1 aromatic heterocycles. The number of esters is 1. The molecular formula is C16H15N3O3. The summed E-state index contributed by atoms with van der Waals surface area (Å²) >= 11 is 0. The highest BCUT2D eigenvalue weighted by molar-refractivity contribution is 5.97. The molecule has 6 nitrogen and oxygen atoms in total. The lowest BCUT2D eigenvalue weighted by atomic mass is 10.1. The number of hydrogen-bond acceptors (Lipinski definition) is 5. The zero-order chi connectivity index (χ0) is 15.7. The van der Waals surface area contributed by atoms with Gasteiger partial charge in [0, 0.05) is 10.8 Å². The molecule has 0 atom stereocenters. The molecule has 0 amide bonds. The van der Waals surface area contributed by atoms with Gasteiger partial charge in [0.2, 0.25) is 0 Å². The maximum Gasteiger partial charge on any atom is 0.343 e. The molecule has 0 aliphatic rings. The Hall–Kier alpha value is -3.02. The first-order valence-electron chi connectivity index (χ1n) is 6.85. The number of aromatic nitrogens is 2. The van der Waals surface area contributed by atoms with E-state index in [0.717, 1.165) is 5.39 Å². The van der Waals surface area contributed by atoms with Gasteiger partial charge < -0.3 is 15.6 Å². The van der Waals surface area contributed by atoms with E-state index in [2.05, 4.69) is 5.10 Å². The smallest absolute Gasteiger partial charge is 0.343 e. The van der Waals surface area contributed by atoms with E-state index in [4.69, 9.17) is 10.5 Å². The molecule has 112 valence electrons. The number of benzene rings is 2. The summed E-state index contributed by atoms with van der Waals surface area (Å²) in [6.07, 6.45) is 1.38. The number of carbonyl (C=O) groups is 1. The summed E-state index contributed by atoms with van der Waals surface area (Å²) in [5.74, 6) is -0.126. The van der Waals surface area contributed by atoms with Gasteiger partial charge in [0.05, 0.1) is 18.5 Å². The van der Waals surface area contributed by atoms with Gasteiger partial charge in [0.1, 0.15) is 17.1 Å². The Labute approximate surface area is 126 Å². The van der Waals surface area contributed by atoms with Gasteiger partial charge in [-0.1, -0.05) is 24.3 Å². The van der Waals surface area contributed by atoms with Gasteiger partial charge in [-0.05, 0) is 19.1 Å².